The summed E-state index contributed by atoms with van der Waals surface area (Å²) in [5, 5.41) is 2.78. The maximum absolute atomic E-state index is 13.4. The van der Waals surface area contributed by atoms with Gasteiger partial charge < -0.3 is 15.0 Å². The van der Waals surface area contributed by atoms with Crippen molar-refractivity contribution >= 4 is 46.3 Å². The molecule has 2 aromatic carbocycles. The topological polar surface area (TPSA) is 58.6 Å². The van der Waals surface area contributed by atoms with Crippen LogP contribution in [0.15, 0.2) is 53.4 Å². The maximum Gasteiger partial charge on any atom is 0.303 e. The molecule has 1 heterocycles. The minimum atomic E-state index is -0.875. The van der Waals surface area contributed by atoms with Gasteiger partial charge in [0.1, 0.15) is 0 Å². The molecule has 7 heteroatoms. The Hall–Kier alpha value is -1.83. The second kappa shape index (κ2) is 10.1. The average Bonchev–Trinajstić information content (AvgIpc) is 2.76. The summed E-state index contributed by atoms with van der Waals surface area (Å²) in [5.41, 5.74) is 2.97. The molecule has 0 saturated carbocycles. The number of carbonyl (C=O) groups is 2. The van der Waals surface area contributed by atoms with Crippen LogP contribution in [0.1, 0.15) is 23.3 Å². The van der Waals surface area contributed by atoms with Crippen LogP contribution in [-0.2, 0) is 14.3 Å². The molecule has 0 aliphatic carbocycles. The Morgan fingerprint density at radius 2 is 1.86 bits per heavy atom. The standard InChI is InChI=1S/C21H24N2O3S.BrH/c1-14-8-10-16(11-9-14)20-19(26-15(2)24)21(25)23(13-12-22-3)17-6-4-5-7-18(17)27-20;/h4-11,19-20,22H,12-13H2,1-3H3;1H/t19-,20+;/m1./s1. The lowest BCUT2D eigenvalue weighted by Crippen LogP contribution is -2.45. The first-order chi connectivity index (χ1) is 13.0. The van der Waals surface area contributed by atoms with E-state index in [9.17, 15) is 9.59 Å². The minimum Gasteiger partial charge on any atom is -0.451 e. The Morgan fingerprint density at radius 3 is 2.50 bits per heavy atom. The minimum absolute atomic E-state index is 0. The monoisotopic (exact) mass is 464 g/mol. The molecule has 28 heavy (non-hydrogen) atoms. The maximum atomic E-state index is 13.4. The van der Waals surface area contributed by atoms with Gasteiger partial charge in [0.05, 0.1) is 10.9 Å². The largest absolute Gasteiger partial charge is 0.451 e. The average molecular weight is 465 g/mol. The highest BCUT2D eigenvalue weighted by molar-refractivity contribution is 8.93. The number of hydrogen-bond acceptors (Lipinski definition) is 5. The summed E-state index contributed by atoms with van der Waals surface area (Å²) in [6, 6.07) is 15.9. The lowest BCUT2D eigenvalue weighted by atomic mass is 10.0. The fraction of sp³-hybridized carbons (Fsp3) is 0.333. The first-order valence-corrected chi connectivity index (χ1v) is 9.84. The number of thioether (sulfide) groups is 1. The van der Waals surface area contributed by atoms with Gasteiger partial charge in [-0.2, -0.15) is 0 Å². The highest BCUT2D eigenvalue weighted by atomic mass is 79.9. The molecule has 0 saturated heterocycles. The Balaban J connectivity index is 0.00000280. The fourth-order valence-electron chi connectivity index (χ4n) is 3.12. The van der Waals surface area contributed by atoms with Crippen molar-refractivity contribution in [3.8, 4) is 0 Å². The fourth-order valence-corrected chi connectivity index (χ4v) is 4.44. The number of esters is 1. The molecule has 1 aliphatic rings. The normalized spacial score (nSPS) is 18.7. The van der Waals surface area contributed by atoms with E-state index in [1.165, 1.54) is 6.92 Å². The molecule has 2 aromatic rings. The Bertz CT molecular complexity index is 829. The van der Waals surface area contributed by atoms with Gasteiger partial charge >= 0.3 is 5.97 Å². The van der Waals surface area contributed by atoms with Gasteiger partial charge in [-0.15, -0.1) is 28.7 Å². The van der Waals surface area contributed by atoms with Crippen molar-refractivity contribution < 1.29 is 14.3 Å². The van der Waals surface area contributed by atoms with E-state index >= 15 is 0 Å². The molecule has 150 valence electrons. The molecule has 1 N–H and O–H groups in total. The highest BCUT2D eigenvalue weighted by Gasteiger charge is 2.40. The zero-order valence-corrected chi connectivity index (χ0v) is 18.7. The first kappa shape index (κ1) is 22.5. The number of nitrogens with one attached hydrogen (secondary N) is 1. The second-order valence-corrected chi connectivity index (χ2v) is 7.72. The van der Waals surface area contributed by atoms with E-state index in [0.717, 1.165) is 21.7 Å². The van der Waals surface area contributed by atoms with Gasteiger partial charge in [-0.05, 0) is 31.7 Å². The number of rotatable bonds is 5. The van der Waals surface area contributed by atoms with E-state index in [1.54, 1.807) is 16.7 Å². The van der Waals surface area contributed by atoms with Gasteiger partial charge in [-0.1, -0.05) is 42.0 Å². The van der Waals surface area contributed by atoms with E-state index in [1.807, 2.05) is 62.5 Å². The number of nitrogens with zero attached hydrogens (tertiary/aromatic N) is 1. The van der Waals surface area contributed by atoms with E-state index in [4.69, 9.17) is 4.74 Å². The molecule has 0 bridgehead atoms. The van der Waals surface area contributed by atoms with Gasteiger partial charge in [-0.3, -0.25) is 9.59 Å². The van der Waals surface area contributed by atoms with Gasteiger partial charge in [0.25, 0.3) is 5.91 Å². The lowest BCUT2D eigenvalue weighted by molar-refractivity contribution is -0.152. The number of ether oxygens (including phenoxy) is 1. The van der Waals surface area contributed by atoms with E-state index in [-0.39, 0.29) is 28.1 Å². The summed E-state index contributed by atoms with van der Waals surface area (Å²) in [4.78, 5) is 27.9. The summed E-state index contributed by atoms with van der Waals surface area (Å²) < 4.78 is 5.55. The van der Waals surface area contributed by atoms with Crippen molar-refractivity contribution in [2.24, 2.45) is 0 Å². The second-order valence-electron chi connectivity index (χ2n) is 6.54. The van der Waals surface area contributed by atoms with Crippen LogP contribution in [0.25, 0.3) is 0 Å². The quantitative estimate of drug-likeness (QED) is 0.679. The molecule has 1 aliphatic heterocycles. The van der Waals surface area contributed by atoms with Gasteiger partial charge in [0, 0.05) is 24.9 Å². The van der Waals surface area contributed by atoms with Crippen molar-refractivity contribution in [1.29, 1.82) is 0 Å². The summed E-state index contributed by atoms with van der Waals surface area (Å²) in [6.07, 6.45) is -0.875. The van der Waals surface area contributed by atoms with Crippen LogP contribution in [0.5, 0.6) is 0 Å². The summed E-state index contributed by atoms with van der Waals surface area (Å²) >= 11 is 1.57. The number of aryl methyl sites for hydroxylation is 1. The Morgan fingerprint density at radius 1 is 1.18 bits per heavy atom. The van der Waals surface area contributed by atoms with Crippen molar-refractivity contribution in [2.45, 2.75) is 30.1 Å². The van der Waals surface area contributed by atoms with Crippen LogP contribution >= 0.6 is 28.7 Å². The molecule has 1 amide bonds. The van der Waals surface area contributed by atoms with Crippen LogP contribution in [0.4, 0.5) is 5.69 Å². The summed E-state index contributed by atoms with van der Waals surface area (Å²) in [7, 11) is 1.85. The third kappa shape index (κ3) is 4.96. The molecule has 5 nitrogen and oxygen atoms in total. The first-order valence-electron chi connectivity index (χ1n) is 8.96. The number of benzene rings is 2. The zero-order chi connectivity index (χ0) is 19.4. The van der Waals surface area contributed by atoms with E-state index in [2.05, 4.69) is 5.32 Å². The molecular weight excluding hydrogens is 440 g/mol. The number of hydrogen-bond donors (Lipinski definition) is 1. The number of carbonyl (C=O) groups excluding carboxylic acids is 2. The molecule has 3 rings (SSSR count). The molecule has 2 atom stereocenters. The van der Waals surface area contributed by atoms with E-state index < -0.39 is 12.1 Å². The van der Waals surface area contributed by atoms with Crippen LogP contribution in [-0.4, -0.2) is 38.1 Å². The third-order valence-electron chi connectivity index (χ3n) is 4.48. The van der Waals surface area contributed by atoms with Crippen molar-refractivity contribution in [2.75, 3.05) is 25.0 Å². The Kier molecular flexibility index (Phi) is 8.10. The summed E-state index contributed by atoms with van der Waals surface area (Å²) in [5.74, 6) is -0.644. The molecule has 0 radical (unpaired) electrons. The molecule has 0 aromatic heterocycles. The molecule has 0 spiro atoms. The van der Waals surface area contributed by atoms with Crippen LogP contribution in [0.3, 0.4) is 0 Å². The van der Waals surface area contributed by atoms with Gasteiger partial charge in [0.2, 0.25) is 0 Å². The number of fused-ring (bicyclic) bond motifs is 1. The van der Waals surface area contributed by atoms with Crippen LogP contribution in [0.2, 0.25) is 0 Å². The van der Waals surface area contributed by atoms with Crippen LogP contribution < -0.4 is 10.2 Å². The number of amides is 1. The van der Waals surface area contributed by atoms with Gasteiger partial charge in [-0.25, -0.2) is 0 Å². The van der Waals surface area contributed by atoms with Crippen molar-refractivity contribution in [1.82, 2.24) is 5.32 Å². The third-order valence-corrected chi connectivity index (χ3v) is 5.85. The van der Waals surface area contributed by atoms with Crippen LogP contribution in [0, 0.1) is 6.92 Å². The number of halogens is 1. The Labute approximate surface area is 180 Å². The highest BCUT2D eigenvalue weighted by Crippen LogP contribution is 2.46. The van der Waals surface area contributed by atoms with E-state index in [0.29, 0.717) is 13.1 Å². The van der Waals surface area contributed by atoms with Crippen molar-refractivity contribution in [3.63, 3.8) is 0 Å². The smallest absolute Gasteiger partial charge is 0.303 e. The molecular formula is C21H25BrN2O3S. The predicted molar refractivity (Wildman–Crippen MR) is 118 cm³/mol. The van der Waals surface area contributed by atoms with Crippen molar-refractivity contribution in [3.05, 3.63) is 59.7 Å². The number of para-hydroxylation sites is 1. The number of anilines is 1. The molecule has 0 fully saturated rings. The molecule has 0 unspecified atom stereocenters. The SMILES string of the molecule is Br.CNCCN1C(=O)[C@H](OC(C)=O)[C@H](c2ccc(C)cc2)Sc2ccccc21. The summed E-state index contributed by atoms with van der Waals surface area (Å²) in [6.45, 7) is 4.52. The van der Waals surface area contributed by atoms with Gasteiger partial charge in [0.15, 0.2) is 6.10 Å². The zero-order valence-electron chi connectivity index (χ0n) is 16.2. The lowest BCUT2D eigenvalue weighted by Gasteiger charge is -2.27. The number of likely N-dealkylation sites (N-methyl/N-ethyl adjacent to an activating group) is 1. The predicted octanol–water partition coefficient (Wildman–Crippen LogP) is 3.90.